The van der Waals surface area contributed by atoms with Gasteiger partial charge in [0.1, 0.15) is 10.6 Å². The molecule has 10 heteroatoms. The molecule has 2 N–H and O–H groups in total. The molecular formula is C25H22N2O6S2. The first-order valence-electron chi connectivity index (χ1n) is 10.5. The third-order valence-corrected chi connectivity index (χ3v) is 7.51. The molecule has 0 saturated carbocycles. The first-order valence-corrected chi connectivity index (χ1v) is 12.8. The van der Waals surface area contributed by atoms with Crippen LogP contribution in [-0.2, 0) is 26.1 Å². The molecule has 0 aliphatic carbocycles. The van der Waals surface area contributed by atoms with Crippen LogP contribution in [0.3, 0.4) is 0 Å². The third-order valence-electron chi connectivity index (χ3n) is 5.00. The number of esters is 1. The van der Waals surface area contributed by atoms with E-state index in [1.165, 1.54) is 42.7 Å². The van der Waals surface area contributed by atoms with Crippen molar-refractivity contribution < 1.29 is 27.5 Å². The van der Waals surface area contributed by atoms with Gasteiger partial charge in [0.2, 0.25) is 10.0 Å². The number of methoxy groups -OCH3 is 1. The molecule has 0 aliphatic rings. The Morgan fingerprint density at radius 2 is 1.69 bits per heavy atom. The largest absolute Gasteiger partial charge is 0.484 e. The van der Waals surface area contributed by atoms with Crippen molar-refractivity contribution in [3.05, 3.63) is 89.3 Å². The number of hydrogen-bond acceptors (Lipinski definition) is 7. The molecule has 0 atom stereocenters. The molecule has 0 saturated heterocycles. The van der Waals surface area contributed by atoms with E-state index in [1.807, 2.05) is 36.4 Å². The number of rotatable bonds is 9. The second-order valence-corrected chi connectivity index (χ2v) is 10.3. The van der Waals surface area contributed by atoms with Crippen LogP contribution in [0.2, 0.25) is 0 Å². The normalized spacial score (nSPS) is 11.2. The van der Waals surface area contributed by atoms with Gasteiger partial charge in [0.15, 0.2) is 6.61 Å². The van der Waals surface area contributed by atoms with Crippen LogP contribution in [0.1, 0.15) is 15.2 Å². The van der Waals surface area contributed by atoms with Crippen molar-refractivity contribution >= 4 is 49.0 Å². The van der Waals surface area contributed by atoms with Crippen LogP contribution in [0.25, 0.3) is 10.1 Å². The Balaban J connectivity index is 1.31. The molecule has 0 radical (unpaired) electrons. The summed E-state index contributed by atoms with van der Waals surface area (Å²) in [7, 11) is -2.36. The fourth-order valence-electron chi connectivity index (χ4n) is 3.24. The monoisotopic (exact) mass is 510 g/mol. The van der Waals surface area contributed by atoms with Gasteiger partial charge in [-0.2, -0.15) is 0 Å². The summed E-state index contributed by atoms with van der Waals surface area (Å²) in [5.41, 5.74) is 1.41. The summed E-state index contributed by atoms with van der Waals surface area (Å²) < 4.78 is 38.7. The number of fused-ring (bicyclic) bond motifs is 1. The number of thiophene rings is 1. The van der Waals surface area contributed by atoms with Gasteiger partial charge in [-0.05, 0) is 59.5 Å². The SMILES string of the molecule is COC(=O)c1cc2cc(NC(=O)COc3ccc(S(=O)(=O)NCc4ccccc4)cc3)ccc2s1. The molecule has 1 aromatic heterocycles. The summed E-state index contributed by atoms with van der Waals surface area (Å²) in [5.74, 6) is -0.428. The maximum Gasteiger partial charge on any atom is 0.348 e. The summed E-state index contributed by atoms with van der Waals surface area (Å²) >= 11 is 1.31. The minimum absolute atomic E-state index is 0.0978. The summed E-state index contributed by atoms with van der Waals surface area (Å²) in [6, 6.07) is 22.1. The van der Waals surface area contributed by atoms with Gasteiger partial charge in [-0.1, -0.05) is 30.3 Å². The standard InChI is InChI=1S/C25H22N2O6S2/c1-32-25(29)23-14-18-13-19(7-12-22(18)34-23)27-24(28)16-33-20-8-10-21(11-9-20)35(30,31)26-15-17-5-3-2-4-6-17/h2-14,26H,15-16H2,1H3,(H,27,28). The number of anilines is 1. The van der Waals surface area contributed by atoms with Crippen LogP contribution in [0.4, 0.5) is 5.69 Å². The topological polar surface area (TPSA) is 111 Å². The van der Waals surface area contributed by atoms with Crippen LogP contribution >= 0.6 is 11.3 Å². The highest BCUT2D eigenvalue weighted by molar-refractivity contribution is 7.89. The lowest BCUT2D eigenvalue weighted by atomic mass is 10.2. The number of carbonyl (C=O) groups is 2. The Labute approximate surface area is 206 Å². The van der Waals surface area contributed by atoms with Gasteiger partial charge in [0.05, 0.1) is 12.0 Å². The van der Waals surface area contributed by atoms with Crippen molar-refractivity contribution in [2.45, 2.75) is 11.4 Å². The number of ether oxygens (including phenoxy) is 2. The lowest BCUT2D eigenvalue weighted by Crippen LogP contribution is -2.23. The maximum atomic E-state index is 12.5. The molecule has 0 spiro atoms. The summed E-state index contributed by atoms with van der Waals surface area (Å²) in [6.45, 7) is -0.0732. The zero-order chi connectivity index (χ0) is 24.8. The fourth-order valence-corrected chi connectivity index (χ4v) is 5.22. The van der Waals surface area contributed by atoms with E-state index in [-0.39, 0.29) is 24.0 Å². The molecular weight excluding hydrogens is 488 g/mol. The number of carbonyl (C=O) groups excluding carboxylic acids is 2. The molecule has 0 fully saturated rings. The van der Waals surface area contributed by atoms with Crippen molar-refractivity contribution in [2.24, 2.45) is 0 Å². The number of hydrogen-bond donors (Lipinski definition) is 2. The van der Waals surface area contributed by atoms with Gasteiger partial charge in [0, 0.05) is 16.9 Å². The zero-order valence-electron chi connectivity index (χ0n) is 18.7. The second kappa shape index (κ2) is 10.7. The van der Waals surface area contributed by atoms with Gasteiger partial charge in [-0.3, -0.25) is 4.79 Å². The van der Waals surface area contributed by atoms with Crippen molar-refractivity contribution in [3.8, 4) is 5.75 Å². The number of amides is 1. The van der Waals surface area contributed by atoms with Crippen molar-refractivity contribution in [1.82, 2.24) is 4.72 Å². The number of benzene rings is 3. The highest BCUT2D eigenvalue weighted by Gasteiger charge is 2.14. The quantitative estimate of drug-likeness (QED) is 0.327. The Hall–Kier alpha value is -3.73. The molecule has 0 bridgehead atoms. The molecule has 1 amide bonds. The average Bonchev–Trinajstić information content (AvgIpc) is 3.30. The summed E-state index contributed by atoms with van der Waals surface area (Å²) in [5, 5.41) is 3.56. The lowest BCUT2D eigenvalue weighted by molar-refractivity contribution is -0.118. The van der Waals surface area contributed by atoms with E-state index in [9.17, 15) is 18.0 Å². The summed E-state index contributed by atoms with van der Waals surface area (Å²) in [6.07, 6.45) is 0. The number of sulfonamides is 1. The summed E-state index contributed by atoms with van der Waals surface area (Å²) in [4.78, 5) is 24.6. The fraction of sp³-hybridized carbons (Fsp3) is 0.120. The van der Waals surface area contributed by atoms with Crippen LogP contribution in [0.15, 0.2) is 83.8 Å². The first-order chi connectivity index (χ1) is 16.8. The molecule has 180 valence electrons. The van der Waals surface area contributed by atoms with Gasteiger partial charge in [0.25, 0.3) is 5.91 Å². The predicted octanol–water partition coefficient (Wildman–Crippen LogP) is 4.18. The van der Waals surface area contributed by atoms with E-state index < -0.39 is 16.0 Å². The molecule has 8 nitrogen and oxygen atoms in total. The molecule has 4 rings (SSSR count). The minimum Gasteiger partial charge on any atom is -0.484 e. The Morgan fingerprint density at radius 3 is 2.40 bits per heavy atom. The van der Waals surface area contributed by atoms with Gasteiger partial charge >= 0.3 is 5.97 Å². The van der Waals surface area contributed by atoms with Crippen molar-refractivity contribution in [2.75, 3.05) is 19.0 Å². The lowest BCUT2D eigenvalue weighted by Gasteiger charge is -2.10. The van der Waals surface area contributed by atoms with Crippen LogP contribution in [-0.4, -0.2) is 34.0 Å². The van der Waals surface area contributed by atoms with E-state index in [0.717, 1.165) is 15.6 Å². The molecule has 0 unspecified atom stereocenters. The van der Waals surface area contributed by atoms with Gasteiger partial charge < -0.3 is 14.8 Å². The van der Waals surface area contributed by atoms with Gasteiger partial charge in [-0.25, -0.2) is 17.9 Å². The molecule has 0 aliphatic heterocycles. The van der Waals surface area contributed by atoms with Crippen molar-refractivity contribution in [3.63, 3.8) is 0 Å². The minimum atomic E-state index is -3.68. The zero-order valence-corrected chi connectivity index (χ0v) is 20.3. The first kappa shape index (κ1) is 24.4. The van der Waals surface area contributed by atoms with Crippen molar-refractivity contribution in [1.29, 1.82) is 0 Å². The third kappa shape index (κ3) is 6.24. The van der Waals surface area contributed by atoms with E-state index in [0.29, 0.717) is 16.3 Å². The van der Waals surface area contributed by atoms with E-state index in [1.54, 1.807) is 18.2 Å². The van der Waals surface area contributed by atoms with E-state index in [2.05, 4.69) is 10.0 Å². The Morgan fingerprint density at radius 1 is 0.943 bits per heavy atom. The Kier molecular flexibility index (Phi) is 7.45. The molecule has 4 aromatic rings. The Bertz CT molecular complexity index is 1450. The van der Waals surface area contributed by atoms with E-state index >= 15 is 0 Å². The average molecular weight is 511 g/mol. The highest BCUT2D eigenvalue weighted by atomic mass is 32.2. The number of nitrogens with one attached hydrogen (secondary N) is 2. The molecule has 35 heavy (non-hydrogen) atoms. The molecule has 3 aromatic carbocycles. The van der Waals surface area contributed by atoms with Crippen LogP contribution in [0.5, 0.6) is 5.75 Å². The molecule has 1 heterocycles. The van der Waals surface area contributed by atoms with E-state index in [4.69, 9.17) is 9.47 Å². The van der Waals surface area contributed by atoms with Crippen LogP contribution < -0.4 is 14.8 Å². The smallest absolute Gasteiger partial charge is 0.348 e. The maximum absolute atomic E-state index is 12.5. The van der Waals surface area contributed by atoms with Gasteiger partial charge in [-0.15, -0.1) is 11.3 Å². The highest BCUT2D eigenvalue weighted by Crippen LogP contribution is 2.28. The predicted molar refractivity (Wildman–Crippen MR) is 134 cm³/mol. The van der Waals surface area contributed by atoms with Crippen LogP contribution in [0, 0.1) is 0 Å². The second-order valence-electron chi connectivity index (χ2n) is 7.47.